The number of oxime groups is 1. The Morgan fingerprint density at radius 1 is 0.935 bits per heavy atom. The van der Waals surface area contributed by atoms with Gasteiger partial charge in [0.25, 0.3) is 0 Å². The highest BCUT2D eigenvalue weighted by Crippen LogP contribution is 2.61. The summed E-state index contributed by atoms with van der Waals surface area (Å²) in [4.78, 5) is 5.21. The average Bonchev–Trinajstić information content (AvgIpc) is 2.98. The van der Waals surface area contributed by atoms with Crippen LogP contribution < -0.4 is 8.85 Å². The minimum absolute atomic E-state index is 0.215. The third kappa shape index (κ3) is 4.34. The van der Waals surface area contributed by atoms with Crippen molar-refractivity contribution in [3.8, 4) is 11.5 Å². The molecule has 0 bridgehead atoms. The van der Waals surface area contributed by atoms with E-state index in [1.165, 1.54) is 42.5 Å². The summed E-state index contributed by atoms with van der Waals surface area (Å²) in [5, 5.41) is 4.45. The molecule has 1 aromatic carbocycles. The van der Waals surface area contributed by atoms with Gasteiger partial charge in [-0.3, -0.25) is 0 Å². The van der Waals surface area contributed by atoms with Gasteiger partial charge in [-0.25, -0.2) is 0 Å². The Bertz CT molecular complexity index is 871. The third-order valence-electron chi connectivity index (χ3n) is 7.59. The van der Waals surface area contributed by atoms with Crippen LogP contribution in [0.3, 0.4) is 0 Å². The lowest BCUT2D eigenvalue weighted by atomic mass is 9.55. The van der Waals surface area contributed by atoms with Crippen LogP contribution in [0.15, 0.2) is 17.3 Å². The van der Waals surface area contributed by atoms with Crippen LogP contribution in [-0.2, 0) is 11.3 Å². The Morgan fingerprint density at radius 2 is 1.65 bits per heavy atom. The molecule has 172 valence electrons. The summed E-state index contributed by atoms with van der Waals surface area (Å²) in [6.45, 7) is 16.0. The molecule has 3 aliphatic rings. The molecule has 0 heterocycles. The van der Waals surface area contributed by atoms with Crippen molar-refractivity contribution >= 4 is 22.3 Å². The average molecular weight is 460 g/mol. The predicted octanol–water partition coefficient (Wildman–Crippen LogP) is 6.97. The van der Waals surface area contributed by atoms with E-state index in [2.05, 4.69) is 63.5 Å². The SMILES string of the molecule is CO/N=C1\CCC2C3CCc4c(ccc(O[Si](C)(C)C)c4O[Si](C)(C)C)C3CCC12C. The highest BCUT2D eigenvalue weighted by atomic mass is 28.4. The van der Waals surface area contributed by atoms with Crippen molar-refractivity contribution in [3.05, 3.63) is 23.3 Å². The summed E-state index contributed by atoms with van der Waals surface area (Å²) in [5.74, 6) is 4.13. The number of hydrogen-bond donors (Lipinski definition) is 0. The van der Waals surface area contributed by atoms with Gasteiger partial charge in [-0.2, -0.15) is 0 Å². The van der Waals surface area contributed by atoms with Crippen molar-refractivity contribution in [2.45, 2.75) is 90.6 Å². The molecule has 4 atom stereocenters. The molecule has 2 saturated carbocycles. The van der Waals surface area contributed by atoms with Gasteiger partial charge in [-0.1, -0.05) is 18.1 Å². The normalized spacial score (nSPS) is 31.6. The van der Waals surface area contributed by atoms with Gasteiger partial charge in [0.05, 0.1) is 5.71 Å². The van der Waals surface area contributed by atoms with Crippen LogP contribution in [0.5, 0.6) is 11.5 Å². The molecule has 0 aliphatic heterocycles. The quantitative estimate of drug-likeness (QED) is 0.352. The molecule has 0 saturated heterocycles. The van der Waals surface area contributed by atoms with Gasteiger partial charge >= 0.3 is 0 Å². The Kier molecular flexibility index (Phi) is 5.87. The molecule has 4 rings (SSSR count). The number of hydrogen-bond acceptors (Lipinski definition) is 4. The molecule has 0 spiro atoms. The van der Waals surface area contributed by atoms with Crippen LogP contribution >= 0.6 is 0 Å². The minimum Gasteiger partial charge on any atom is -0.542 e. The molecule has 0 N–H and O–H groups in total. The fourth-order valence-corrected chi connectivity index (χ4v) is 8.15. The van der Waals surface area contributed by atoms with Gasteiger partial charge in [0.2, 0.25) is 16.6 Å². The van der Waals surface area contributed by atoms with E-state index in [-0.39, 0.29) is 5.41 Å². The van der Waals surface area contributed by atoms with E-state index in [9.17, 15) is 0 Å². The zero-order valence-corrected chi connectivity index (χ0v) is 22.8. The lowest BCUT2D eigenvalue weighted by Gasteiger charge is -2.49. The molecule has 4 unspecified atom stereocenters. The van der Waals surface area contributed by atoms with Gasteiger partial charge in [-0.15, -0.1) is 0 Å². The predicted molar refractivity (Wildman–Crippen MR) is 133 cm³/mol. The Morgan fingerprint density at radius 3 is 2.29 bits per heavy atom. The van der Waals surface area contributed by atoms with Crippen LogP contribution in [0.2, 0.25) is 39.3 Å². The van der Waals surface area contributed by atoms with Crippen molar-refractivity contribution in [1.82, 2.24) is 0 Å². The lowest BCUT2D eigenvalue weighted by Crippen LogP contribution is -2.43. The molecule has 0 aromatic heterocycles. The largest absolute Gasteiger partial charge is 0.542 e. The summed E-state index contributed by atoms with van der Waals surface area (Å²) in [6, 6.07) is 4.59. The number of fused-ring (bicyclic) bond motifs is 5. The lowest BCUT2D eigenvalue weighted by molar-refractivity contribution is 0.0921. The maximum Gasteiger partial charge on any atom is 0.242 e. The smallest absolute Gasteiger partial charge is 0.242 e. The maximum absolute atomic E-state index is 6.71. The van der Waals surface area contributed by atoms with E-state index < -0.39 is 16.6 Å². The Balaban J connectivity index is 1.71. The molecule has 1 aromatic rings. The minimum atomic E-state index is -1.75. The fraction of sp³-hybridized carbons (Fsp3) is 0.720. The van der Waals surface area contributed by atoms with Crippen LogP contribution in [0.25, 0.3) is 0 Å². The summed E-state index contributed by atoms with van der Waals surface area (Å²) in [7, 11) is -1.78. The summed E-state index contributed by atoms with van der Waals surface area (Å²) >= 11 is 0. The molecular formula is C25H41NO3Si2. The molecule has 4 nitrogen and oxygen atoms in total. The number of rotatable bonds is 5. The second-order valence-corrected chi connectivity index (χ2v) is 20.9. The standard InChI is InChI=1S/C25H41NO3Si2/c1-25-16-15-18-17-11-13-22(28-30(3,4)5)24(29-31(6,7)8)20(17)10-9-19(18)21(25)12-14-23(25)26-27-2/h11,13,18-19,21H,9-10,12,14-16H2,1-8H3/b26-23+. The first-order valence-corrected chi connectivity index (χ1v) is 18.9. The van der Waals surface area contributed by atoms with Gasteiger partial charge < -0.3 is 13.7 Å². The van der Waals surface area contributed by atoms with E-state index >= 15 is 0 Å². The first-order chi connectivity index (χ1) is 14.4. The van der Waals surface area contributed by atoms with Gasteiger partial charge in [0.1, 0.15) is 18.6 Å². The molecular weight excluding hydrogens is 418 g/mol. The molecule has 6 heteroatoms. The zero-order chi connectivity index (χ0) is 22.6. The van der Waals surface area contributed by atoms with Crippen LogP contribution in [0.1, 0.15) is 56.1 Å². The third-order valence-corrected chi connectivity index (χ3v) is 9.24. The fourth-order valence-electron chi connectivity index (χ4n) is 6.49. The highest BCUT2D eigenvalue weighted by molar-refractivity contribution is 6.71. The maximum atomic E-state index is 6.71. The van der Waals surface area contributed by atoms with E-state index in [1.54, 1.807) is 7.11 Å². The van der Waals surface area contributed by atoms with E-state index in [0.29, 0.717) is 11.8 Å². The van der Waals surface area contributed by atoms with Crippen molar-refractivity contribution < 1.29 is 13.7 Å². The molecule has 0 radical (unpaired) electrons. The van der Waals surface area contributed by atoms with Crippen molar-refractivity contribution in [2.75, 3.05) is 7.11 Å². The van der Waals surface area contributed by atoms with Gasteiger partial charge in [-0.05, 0) is 107 Å². The van der Waals surface area contributed by atoms with Crippen molar-refractivity contribution in [3.63, 3.8) is 0 Å². The molecule has 2 fully saturated rings. The topological polar surface area (TPSA) is 40.0 Å². The molecule has 0 amide bonds. The van der Waals surface area contributed by atoms with E-state index in [1.807, 2.05) is 0 Å². The summed E-state index contributed by atoms with van der Waals surface area (Å²) in [5.41, 5.74) is 4.48. The first kappa shape index (κ1) is 22.9. The molecule has 3 aliphatic carbocycles. The van der Waals surface area contributed by atoms with Gasteiger partial charge in [0, 0.05) is 11.0 Å². The summed E-state index contributed by atoms with van der Waals surface area (Å²) in [6.07, 6.45) is 7.13. The number of nitrogens with zero attached hydrogens (tertiary/aromatic N) is 1. The van der Waals surface area contributed by atoms with Crippen molar-refractivity contribution in [2.24, 2.45) is 22.4 Å². The first-order valence-electron chi connectivity index (χ1n) is 12.1. The zero-order valence-electron chi connectivity index (χ0n) is 20.8. The second kappa shape index (κ2) is 7.94. The van der Waals surface area contributed by atoms with Crippen LogP contribution in [0, 0.1) is 17.3 Å². The van der Waals surface area contributed by atoms with Crippen LogP contribution in [0.4, 0.5) is 0 Å². The number of benzene rings is 1. The molecule has 31 heavy (non-hydrogen) atoms. The second-order valence-electron chi connectivity index (χ2n) is 12.0. The van der Waals surface area contributed by atoms with E-state index in [0.717, 1.165) is 30.3 Å². The monoisotopic (exact) mass is 459 g/mol. The Hall–Kier alpha value is -1.28. The van der Waals surface area contributed by atoms with E-state index in [4.69, 9.17) is 13.7 Å². The van der Waals surface area contributed by atoms with Crippen LogP contribution in [-0.4, -0.2) is 29.5 Å². The highest BCUT2D eigenvalue weighted by Gasteiger charge is 2.54. The van der Waals surface area contributed by atoms with Gasteiger partial charge in [0.15, 0.2) is 0 Å². The summed E-state index contributed by atoms with van der Waals surface area (Å²) < 4.78 is 13.2. The Labute approximate surface area is 191 Å². The van der Waals surface area contributed by atoms with Crippen molar-refractivity contribution in [1.29, 1.82) is 0 Å².